The molecular formula is C33H30ClF6N3O5S. The smallest absolute Gasteiger partial charge is 0.425 e. The summed E-state index contributed by atoms with van der Waals surface area (Å²) in [5.74, 6) is -3.87. The molecule has 2 aromatic heterocycles. The van der Waals surface area contributed by atoms with Crippen LogP contribution in [0.5, 0.6) is 5.75 Å². The number of hydrogen-bond donors (Lipinski definition) is 1. The molecule has 3 aromatic rings. The zero-order chi connectivity index (χ0) is 35.5. The fraction of sp³-hybridized carbons (Fsp3) is 0.455. The molecule has 4 heterocycles. The molecule has 1 spiro atoms. The molecule has 2 aliphatic heterocycles. The van der Waals surface area contributed by atoms with Gasteiger partial charge in [0.2, 0.25) is 5.60 Å². The molecule has 49 heavy (non-hydrogen) atoms. The first-order chi connectivity index (χ1) is 23.0. The van der Waals surface area contributed by atoms with Gasteiger partial charge >= 0.3 is 18.3 Å². The Kier molecular flexibility index (Phi) is 8.91. The minimum Gasteiger partial charge on any atom is -0.481 e. The van der Waals surface area contributed by atoms with E-state index in [0.29, 0.717) is 33.9 Å². The number of carboxylic acid groups (broad SMARTS) is 1. The van der Waals surface area contributed by atoms with Gasteiger partial charge in [-0.3, -0.25) is 19.4 Å². The van der Waals surface area contributed by atoms with Gasteiger partial charge < -0.3 is 19.6 Å². The first-order valence-electron chi connectivity index (χ1n) is 15.5. The highest BCUT2D eigenvalue weighted by Crippen LogP contribution is 2.63. The van der Waals surface area contributed by atoms with E-state index >= 15 is 4.79 Å². The number of pyridine rings is 1. The van der Waals surface area contributed by atoms with Gasteiger partial charge in [0.15, 0.2) is 0 Å². The number of halogens is 7. The van der Waals surface area contributed by atoms with Gasteiger partial charge in [-0.25, -0.2) is 0 Å². The molecule has 1 saturated carbocycles. The Morgan fingerprint density at radius 3 is 2.49 bits per heavy atom. The van der Waals surface area contributed by atoms with Crippen molar-refractivity contribution >= 4 is 40.7 Å². The van der Waals surface area contributed by atoms with Gasteiger partial charge in [0.25, 0.3) is 11.8 Å². The number of hydrogen-bond acceptors (Lipinski definition) is 6. The number of benzene rings is 1. The molecule has 0 bridgehead atoms. The molecular weight excluding hydrogens is 700 g/mol. The van der Waals surface area contributed by atoms with Crippen molar-refractivity contribution in [2.24, 2.45) is 5.92 Å². The van der Waals surface area contributed by atoms with Gasteiger partial charge in [0.05, 0.1) is 23.6 Å². The third-order valence-electron chi connectivity index (χ3n) is 9.80. The second-order valence-corrected chi connectivity index (χ2v) is 13.8. The van der Waals surface area contributed by atoms with Crippen molar-refractivity contribution in [1.29, 1.82) is 0 Å². The quantitative estimate of drug-likeness (QED) is 0.251. The fourth-order valence-electron chi connectivity index (χ4n) is 7.70. The molecule has 3 aliphatic rings. The molecule has 262 valence electrons. The zero-order valence-electron chi connectivity index (χ0n) is 25.9. The number of piperidine rings is 1. The van der Waals surface area contributed by atoms with E-state index in [1.54, 1.807) is 25.1 Å². The number of ether oxygens (including phenoxy) is 1. The van der Waals surface area contributed by atoms with E-state index in [1.165, 1.54) is 9.80 Å². The third-order valence-corrected chi connectivity index (χ3v) is 11.0. The van der Waals surface area contributed by atoms with Crippen molar-refractivity contribution in [1.82, 2.24) is 14.8 Å². The number of rotatable bonds is 7. The highest BCUT2D eigenvalue weighted by molar-refractivity contribution is 7.10. The Hall–Kier alpha value is -3.85. The van der Waals surface area contributed by atoms with Crippen molar-refractivity contribution in [2.75, 3.05) is 13.1 Å². The monoisotopic (exact) mass is 729 g/mol. The van der Waals surface area contributed by atoms with Crippen LogP contribution in [0.3, 0.4) is 0 Å². The molecule has 4 atom stereocenters. The molecule has 2 amide bonds. The number of fused-ring (bicyclic) bond motifs is 1. The van der Waals surface area contributed by atoms with Crippen molar-refractivity contribution in [3.05, 3.63) is 80.3 Å². The standard InChI is InChI=1S/C33H30ClF6N3O5S/c1-2-19-16-30(19)31(48-21-14-25(49-17-21)33(38,39)40,9-4-11-43(30)28(46)27-23(32(35,36)37)5-3-10-41-27)29(47)42-12-8-18-13-20(34)6-7-22(18)24(42)15-26(44)45/h3,5-7,10,13-14,17,19,24H,2,4,8-9,11-12,15-16H2,1H3,(H,44,45)/t19-,24?,30+,31-/m1/s1. The lowest BCUT2D eigenvalue weighted by Crippen LogP contribution is -2.71. The van der Waals surface area contributed by atoms with Crippen LogP contribution >= 0.6 is 22.9 Å². The van der Waals surface area contributed by atoms with Crippen LogP contribution in [0.25, 0.3) is 0 Å². The molecule has 8 nitrogen and oxygen atoms in total. The average molecular weight is 730 g/mol. The first kappa shape index (κ1) is 35.0. The molecule has 16 heteroatoms. The third kappa shape index (κ3) is 6.02. The second kappa shape index (κ2) is 12.5. The highest BCUT2D eigenvalue weighted by Gasteiger charge is 2.76. The number of carbonyl (C=O) groups excluding carboxylic acids is 2. The second-order valence-electron chi connectivity index (χ2n) is 12.5. The highest BCUT2D eigenvalue weighted by atomic mass is 35.5. The van der Waals surface area contributed by atoms with Crippen molar-refractivity contribution in [3.8, 4) is 5.75 Å². The van der Waals surface area contributed by atoms with Gasteiger partial charge in [-0.05, 0) is 60.6 Å². The molecule has 0 radical (unpaired) electrons. The van der Waals surface area contributed by atoms with E-state index in [4.69, 9.17) is 16.3 Å². The first-order valence-corrected chi connectivity index (χ1v) is 16.8. The number of aromatic nitrogens is 1. The van der Waals surface area contributed by atoms with E-state index in [2.05, 4.69) is 4.98 Å². The lowest BCUT2D eigenvalue weighted by Gasteiger charge is -2.52. The Morgan fingerprint density at radius 2 is 1.86 bits per heavy atom. The Bertz CT molecular complexity index is 1800. The van der Waals surface area contributed by atoms with E-state index < -0.39 is 75.8 Å². The summed E-state index contributed by atoms with van der Waals surface area (Å²) < 4.78 is 89.8. The molecule has 1 unspecified atom stereocenters. The van der Waals surface area contributed by atoms with E-state index in [0.717, 1.165) is 29.8 Å². The van der Waals surface area contributed by atoms with Crippen LogP contribution in [-0.4, -0.2) is 61.9 Å². The molecule has 6 rings (SSSR count). The Labute approximate surface area is 285 Å². The normalized spacial score (nSPS) is 25.2. The molecule has 1 aromatic carbocycles. The lowest BCUT2D eigenvalue weighted by atomic mass is 9.76. The summed E-state index contributed by atoms with van der Waals surface area (Å²) in [6.45, 7) is 1.69. The summed E-state index contributed by atoms with van der Waals surface area (Å²) in [5.41, 5.74) is -4.58. The van der Waals surface area contributed by atoms with Gasteiger partial charge in [-0.15, -0.1) is 11.3 Å². The van der Waals surface area contributed by atoms with E-state index in [-0.39, 0.29) is 44.5 Å². The summed E-state index contributed by atoms with van der Waals surface area (Å²) in [5, 5.41) is 11.4. The van der Waals surface area contributed by atoms with Crippen LogP contribution in [0.4, 0.5) is 26.3 Å². The average Bonchev–Trinajstić information content (AvgIpc) is 3.56. The van der Waals surface area contributed by atoms with Crippen LogP contribution in [-0.2, 0) is 28.4 Å². The number of likely N-dealkylation sites (tertiary alicyclic amines) is 1. The molecule has 1 N–H and O–H groups in total. The largest absolute Gasteiger partial charge is 0.481 e. The summed E-state index contributed by atoms with van der Waals surface area (Å²) in [7, 11) is 0. The number of nitrogens with zero attached hydrogens (tertiary/aromatic N) is 3. The number of carbonyl (C=O) groups is 3. The minimum atomic E-state index is -4.93. The maximum Gasteiger partial charge on any atom is 0.425 e. The summed E-state index contributed by atoms with van der Waals surface area (Å²) in [4.78, 5) is 46.9. The number of amides is 2. The van der Waals surface area contributed by atoms with E-state index in [1.807, 2.05) is 0 Å². The number of carboxylic acids is 1. The topological polar surface area (TPSA) is 100 Å². The molecule has 1 aliphatic carbocycles. The summed E-state index contributed by atoms with van der Waals surface area (Å²) in [6.07, 6.45) is -8.45. The predicted molar refractivity (Wildman–Crippen MR) is 165 cm³/mol. The van der Waals surface area contributed by atoms with Crippen LogP contribution in [0.15, 0.2) is 48.0 Å². The summed E-state index contributed by atoms with van der Waals surface area (Å²) >= 11 is 6.55. The maximum absolute atomic E-state index is 15.2. The van der Waals surface area contributed by atoms with Crippen LogP contribution < -0.4 is 4.74 Å². The zero-order valence-corrected chi connectivity index (χ0v) is 27.5. The number of alkyl halides is 6. The van der Waals surface area contributed by atoms with Crippen molar-refractivity contribution < 1.29 is 50.6 Å². The SMILES string of the molecule is CC[C@@H]1C[C@]12N(C(=O)c1ncccc1C(F)(F)F)CCC[C@@]2(Oc1csc(C(F)(F)F)c1)C(=O)N1CCc2cc(Cl)ccc2C1CC(=O)O. The van der Waals surface area contributed by atoms with Gasteiger partial charge in [0.1, 0.15) is 16.3 Å². The number of aliphatic carboxylic acids is 1. The predicted octanol–water partition coefficient (Wildman–Crippen LogP) is 7.66. The van der Waals surface area contributed by atoms with Crippen LogP contribution in [0, 0.1) is 5.92 Å². The van der Waals surface area contributed by atoms with Crippen molar-refractivity contribution in [3.63, 3.8) is 0 Å². The van der Waals surface area contributed by atoms with Crippen LogP contribution in [0.2, 0.25) is 5.02 Å². The minimum absolute atomic E-state index is 0.00799. The summed E-state index contributed by atoms with van der Waals surface area (Å²) in [6, 6.07) is 6.34. The number of thiophene rings is 1. The lowest BCUT2D eigenvalue weighted by molar-refractivity contribution is -0.166. The van der Waals surface area contributed by atoms with Crippen LogP contribution in [0.1, 0.15) is 77.1 Å². The molecule has 2 fully saturated rings. The molecule has 1 saturated heterocycles. The Balaban J connectivity index is 1.51. The van der Waals surface area contributed by atoms with Crippen molar-refractivity contribution in [2.45, 2.75) is 75.0 Å². The Morgan fingerprint density at radius 1 is 1.10 bits per heavy atom. The van der Waals surface area contributed by atoms with E-state index in [9.17, 15) is 41.0 Å². The maximum atomic E-state index is 15.2. The van der Waals surface area contributed by atoms with Gasteiger partial charge in [0, 0.05) is 42.2 Å². The fourth-order valence-corrected chi connectivity index (χ4v) is 8.57. The van der Waals surface area contributed by atoms with Gasteiger partial charge in [-0.2, -0.15) is 26.3 Å². The van der Waals surface area contributed by atoms with Gasteiger partial charge in [-0.1, -0.05) is 31.0 Å².